The maximum atomic E-state index is 13.7. The van der Waals surface area contributed by atoms with E-state index in [4.69, 9.17) is 14.8 Å². The largest absolute Gasteiger partial charge is 0.469 e. The molecule has 37 heavy (non-hydrogen) atoms. The zero-order chi connectivity index (χ0) is 27.1. The summed E-state index contributed by atoms with van der Waals surface area (Å²) >= 11 is 0. The first-order chi connectivity index (χ1) is 17.4. The van der Waals surface area contributed by atoms with E-state index >= 15 is 0 Å². The number of aromatic nitrogens is 3. The molecule has 2 aliphatic rings. The Labute approximate surface area is 219 Å². The molecule has 0 bridgehead atoms. The van der Waals surface area contributed by atoms with E-state index in [0.717, 1.165) is 16.9 Å². The van der Waals surface area contributed by atoms with Gasteiger partial charge in [-0.05, 0) is 57.4 Å². The highest BCUT2D eigenvalue weighted by atomic mass is 16.5. The number of piperazine rings is 1. The standard InChI is InChI=1S/C28H41N5O4/c1-17(2)21-14-22(18(3)4)30-33-15-23(29-24(21)33)26(35)32-13-12-31(16-28(32,5)6)25(34)19-8-10-20(11-9-19)27(36)37-7/h14-15,17-20H,8-13,16H2,1-7H3. The average Bonchev–Trinajstić information content (AvgIpc) is 3.30. The topological polar surface area (TPSA) is 97.1 Å². The fraction of sp³-hybridized carbons (Fsp3) is 0.679. The number of hydrogen-bond donors (Lipinski definition) is 0. The quantitative estimate of drug-likeness (QED) is 0.563. The van der Waals surface area contributed by atoms with Crippen LogP contribution < -0.4 is 0 Å². The molecule has 2 fully saturated rings. The van der Waals surface area contributed by atoms with Crippen molar-refractivity contribution in [2.75, 3.05) is 26.7 Å². The molecule has 2 aromatic rings. The van der Waals surface area contributed by atoms with Crippen molar-refractivity contribution in [1.29, 1.82) is 0 Å². The molecule has 2 amide bonds. The van der Waals surface area contributed by atoms with Crippen LogP contribution in [0.2, 0.25) is 0 Å². The molecule has 2 aromatic heterocycles. The van der Waals surface area contributed by atoms with Crippen LogP contribution in [-0.2, 0) is 14.3 Å². The summed E-state index contributed by atoms with van der Waals surface area (Å²) in [7, 11) is 1.41. The van der Waals surface area contributed by atoms with Crippen molar-refractivity contribution < 1.29 is 19.1 Å². The number of hydrogen-bond acceptors (Lipinski definition) is 6. The monoisotopic (exact) mass is 511 g/mol. The third-order valence-corrected chi connectivity index (χ3v) is 7.98. The smallest absolute Gasteiger partial charge is 0.308 e. The molecule has 1 saturated heterocycles. The maximum absolute atomic E-state index is 13.7. The summed E-state index contributed by atoms with van der Waals surface area (Å²) in [4.78, 5) is 47.3. The minimum Gasteiger partial charge on any atom is -0.469 e. The van der Waals surface area contributed by atoms with Crippen LogP contribution in [0, 0.1) is 11.8 Å². The Morgan fingerprint density at radius 2 is 1.65 bits per heavy atom. The number of carbonyl (C=O) groups excluding carboxylic acids is 3. The molecule has 9 heteroatoms. The van der Waals surface area contributed by atoms with Crippen molar-refractivity contribution in [2.24, 2.45) is 11.8 Å². The van der Waals surface area contributed by atoms with Crippen molar-refractivity contribution in [3.63, 3.8) is 0 Å². The van der Waals surface area contributed by atoms with E-state index in [9.17, 15) is 14.4 Å². The predicted octanol–water partition coefficient (Wildman–Crippen LogP) is 4.02. The molecule has 9 nitrogen and oxygen atoms in total. The van der Waals surface area contributed by atoms with Crippen LogP contribution >= 0.6 is 0 Å². The van der Waals surface area contributed by atoms with Gasteiger partial charge in [-0.15, -0.1) is 0 Å². The SMILES string of the molecule is COC(=O)C1CCC(C(=O)N2CCN(C(=O)c3cn4nc(C(C)C)cc(C(C)C)c4n3)C(C)(C)C2)CC1. The lowest BCUT2D eigenvalue weighted by molar-refractivity contribution is -0.149. The van der Waals surface area contributed by atoms with Crippen molar-refractivity contribution in [2.45, 2.75) is 84.6 Å². The molecule has 0 radical (unpaired) electrons. The molecular weight excluding hydrogens is 470 g/mol. The van der Waals surface area contributed by atoms with Gasteiger partial charge >= 0.3 is 5.97 Å². The number of carbonyl (C=O) groups is 3. The number of esters is 1. The number of methoxy groups -OCH3 is 1. The molecular formula is C28H41N5O4. The number of amides is 2. The highest BCUT2D eigenvalue weighted by Gasteiger charge is 2.41. The van der Waals surface area contributed by atoms with E-state index in [2.05, 4.69) is 33.8 Å². The van der Waals surface area contributed by atoms with Gasteiger partial charge in [-0.1, -0.05) is 27.7 Å². The molecule has 4 rings (SSSR count). The average molecular weight is 512 g/mol. The Morgan fingerprint density at radius 3 is 2.22 bits per heavy atom. The Balaban J connectivity index is 1.48. The number of rotatable bonds is 5. The van der Waals surface area contributed by atoms with E-state index < -0.39 is 5.54 Å². The first kappa shape index (κ1) is 27.1. The molecule has 0 spiro atoms. The third kappa shape index (κ3) is 5.36. The highest BCUT2D eigenvalue weighted by molar-refractivity contribution is 5.94. The number of imidazole rings is 1. The van der Waals surface area contributed by atoms with Crippen LogP contribution in [-0.4, -0.2) is 74.5 Å². The van der Waals surface area contributed by atoms with Gasteiger partial charge < -0.3 is 14.5 Å². The van der Waals surface area contributed by atoms with Crippen LogP contribution in [0.3, 0.4) is 0 Å². The fourth-order valence-electron chi connectivity index (χ4n) is 5.69. The third-order valence-electron chi connectivity index (χ3n) is 7.98. The number of nitrogens with zero attached hydrogens (tertiary/aromatic N) is 5. The van der Waals surface area contributed by atoms with Gasteiger partial charge in [0.15, 0.2) is 5.65 Å². The van der Waals surface area contributed by atoms with Gasteiger partial charge in [0.05, 0.1) is 30.5 Å². The lowest BCUT2D eigenvalue weighted by Crippen LogP contribution is -2.62. The maximum Gasteiger partial charge on any atom is 0.308 e. The van der Waals surface area contributed by atoms with Crippen LogP contribution in [0.4, 0.5) is 0 Å². The van der Waals surface area contributed by atoms with Crippen molar-refractivity contribution in [3.8, 4) is 0 Å². The zero-order valence-corrected chi connectivity index (χ0v) is 23.3. The molecule has 1 saturated carbocycles. The first-order valence-corrected chi connectivity index (χ1v) is 13.5. The highest BCUT2D eigenvalue weighted by Crippen LogP contribution is 2.33. The summed E-state index contributed by atoms with van der Waals surface area (Å²) in [5, 5.41) is 4.71. The van der Waals surface area contributed by atoms with Gasteiger partial charge in [0.25, 0.3) is 5.91 Å². The molecule has 1 aliphatic heterocycles. The number of fused-ring (bicyclic) bond motifs is 1. The Morgan fingerprint density at radius 1 is 1.00 bits per heavy atom. The van der Waals surface area contributed by atoms with Gasteiger partial charge in [0, 0.05) is 31.1 Å². The molecule has 202 valence electrons. The van der Waals surface area contributed by atoms with Crippen molar-refractivity contribution in [3.05, 3.63) is 29.2 Å². The minimum atomic E-state index is -0.540. The van der Waals surface area contributed by atoms with Gasteiger partial charge in [-0.3, -0.25) is 14.4 Å². The minimum absolute atomic E-state index is 0.0759. The van der Waals surface area contributed by atoms with Crippen LogP contribution in [0.5, 0.6) is 0 Å². The van der Waals surface area contributed by atoms with Gasteiger partial charge in [-0.25, -0.2) is 9.50 Å². The van der Waals surface area contributed by atoms with Crippen LogP contribution in [0.1, 0.15) is 101 Å². The summed E-state index contributed by atoms with van der Waals surface area (Å²) in [6, 6.07) is 2.10. The first-order valence-electron chi connectivity index (χ1n) is 13.5. The predicted molar refractivity (Wildman–Crippen MR) is 140 cm³/mol. The van der Waals surface area contributed by atoms with Crippen molar-refractivity contribution in [1.82, 2.24) is 24.4 Å². The molecule has 0 N–H and O–H groups in total. The fourth-order valence-corrected chi connectivity index (χ4v) is 5.69. The number of ether oxygens (including phenoxy) is 1. The lowest BCUT2D eigenvalue weighted by Gasteiger charge is -2.47. The summed E-state index contributed by atoms with van der Waals surface area (Å²) in [5.41, 5.74) is 2.61. The van der Waals surface area contributed by atoms with E-state index in [0.29, 0.717) is 51.0 Å². The van der Waals surface area contributed by atoms with E-state index in [1.807, 2.05) is 23.6 Å². The van der Waals surface area contributed by atoms with E-state index in [-0.39, 0.29) is 41.5 Å². The molecule has 0 atom stereocenters. The van der Waals surface area contributed by atoms with E-state index in [1.54, 1.807) is 10.7 Å². The van der Waals surface area contributed by atoms with E-state index in [1.165, 1.54) is 7.11 Å². The second kappa shape index (κ2) is 10.4. The zero-order valence-electron chi connectivity index (χ0n) is 23.3. The Kier molecular flexibility index (Phi) is 7.62. The second-order valence-corrected chi connectivity index (χ2v) is 11.8. The molecule has 1 aliphatic carbocycles. The van der Waals surface area contributed by atoms with Crippen LogP contribution in [0.15, 0.2) is 12.3 Å². The Hall–Kier alpha value is -2.97. The second-order valence-electron chi connectivity index (χ2n) is 11.8. The lowest BCUT2D eigenvalue weighted by atomic mass is 9.81. The van der Waals surface area contributed by atoms with Crippen molar-refractivity contribution >= 4 is 23.4 Å². The Bertz CT molecular complexity index is 1180. The van der Waals surface area contributed by atoms with Gasteiger partial charge in [0.1, 0.15) is 5.69 Å². The van der Waals surface area contributed by atoms with Gasteiger partial charge in [0.2, 0.25) is 5.91 Å². The normalized spacial score (nSPS) is 22.1. The molecule has 3 heterocycles. The summed E-state index contributed by atoms with van der Waals surface area (Å²) in [5.74, 6) is 0.152. The molecule has 0 aromatic carbocycles. The molecule has 0 unspecified atom stereocenters. The summed E-state index contributed by atoms with van der Waals surface area (Å²) in [6.07, 6.45) is 4.50. The van der Waals surface area contributed by atoms with Crippen LogP contribution in [0.25, 0.3) is 5.65 Å². The summed E-state index contributed by atoms with van der Waals surface area (Å²) in [6.45, 7) is 13.9. The summed E-state index contributed by atoms with van der Waals surface area (Å²) < 4.78 is 6.62. The van der Waals surface area contributed by atoms with Gasteiger partial charge in [-0.2, -0.15) is 5.10 Å².